The van der Waals surface area contributed by atoms with E-state index in [-0.39, 0.29) is 0 Å². The van der Waals surface area contributed by atoms with Crippen molar-refractivity contribution in [2.24, 2.45) is 0 Å². The molecule has 0 atom stereocenters. The van der Waals surface area contributed by atoms with Crippen molar-refractivity contribution in [2.45, 2.75) is 6.92 Å². The van der Waals surface area contributed by atoms with Gasteiger partial charge in [-0.3, -0.25) is 0 Å². The Hall–Kier alpha value is -1.93. The summed E-state index contributed by atoms with van der Waals surface area (Å²) < 4.78 is 0. The van der Waals surface area contributed by atoms with Crippen LogP contribution in [0.1, 0.15) is 10.4 Å². The molecule has 0 bridgehead atoms. The first-order valence-electron chi connectivity index (χ1n) is 4.33. The van der Waals surface area contributed by atoms with E-state index in [1.54, 1.807) is 29.7 Å². The summed E-state index contributed by atoms with van der Waals surface area (Å²) in [4.78, 5) is 9.39. The lowest BCUT2D eigenvalue weighted by Gasteiger charge is -1.99. The lowest BCUT2D eigenvalue weighted by Crippen LogP contribution is -1.92. The Balaban J connectivity index is 2.15. The minimum Gasteiger partial charge on any atom is -0.316 e. The van der Waals surface area contributed by atoms with Gasteiger partial charge in [0.2, 0.25) is 0 Å². The number of hydrogen-bond acceptors (Lipinski definition) is 5. The number of nitriles is 1. The van der Waals surface area contributed by atoms with Crippen molar-refractivity contribution in [3.05, 3.63) is 35.0 Å². The van der Waals surface area contributed by atoms with Crippen molar-refractivity contribution in [2.75, 3.05) is 5.32 Å². The molecule has 0 aromatic carbocycles. The third-order valence-electron chi connectivity index (χ3n) is 1.75. The van der Waals surface area contributed by atoms with E-state index in [0.29, 0.717) is 11.4 Å². The minimum absolute atomic E-state index is 0.552. The van der Waals surface area contributed by atoms with E-state index in [9.17, 15) is 0 Å². The van der Waals surface area contributed by atoms with Crippen molar-refractivity contribution < 1.29 is 0 Å². The molecule has 0 spiro atoms. The lowest BCUT2D eigenvalue weighted by molar-refractivity contribution is 1.27. The number of pyridine rings is 1. The van der Waals surface area contributed by atoms with Crippen LogP contribution in [0.5, 0.6) is 0 Å². The van der Waals surface area contributed by atoms with Gasteiger partial charge in [-0.15, -0.1) is 11.3 Å². The molecule has 0 aliphatic carbocycles. The van der Waals surface area contributed by atoms with Crippen LogP contribution in [0, 0.1) is 18.3 Å². The highest BCUT2D eigenvalue weighted by Crippen LogP contribution is 2.20. The molecule has 0 radical (unpaired) electrons. The van der Waals surface area contributed by atoms with Crippen LogP contribution in [-0.2, 0) is 0 Å². The molecule has 0 aliphatic rings. The molecule has 4 nitrogen and oxygen atoms in total. The summed E-state index contributed by atoms with van der Waals surface area (Å²) in [5, 5.41) is 12.5. The molecule has 1 N–H and O–H groups in total. The first-order chi connectivity index (χ1) is 7.28. The maximum atomic E-state index is 8.60. The summed E-state index contributed by atoms with van der Waals surface area (Å²) in [6.45, 7) is 2.00. The van der Waals surface area contributed by atoms with Gasteiger partial charge in [0.25, 0.3) is 0 Å². The molecule has 2 aromatic heterocycles. The van der Waals surface area contributed by atoms with Crippen molar-refractivity contribution in [1.29, 1.82) is 5.26 Å². The Bertz CT molecular complexity index is 495. The second-order valence-electron chi connectivity index (χ2n) is 2.94. The number of hydrogen-bond donors (Lipinski definition) is 1. The van der Waals surface area contributed by atoms with Gasteiger partial charge in [-0.1, -0.05) is 0 Å². The smallest absolute Gasteiger partial charge is 0.188 e. The second-order valence-corrected chi connectivity index (χ2v) is 4.18. The molecule has 0 fully saturated rings. The van der Waals surface area contributed by atoms with E-state index in [2.05, 4.69) is 15.3 Å². The lowest BCUT2D eigenvalue weighted by atomic mass is 10.3. The molecule has 0 aliphatic heterocycles. The van der Waals surface area contributed by atoms with Gasteiger partial charge in [0.15, 0.2) is 5.13 Å². The minimum atomic E-state index is 0.552. The topological polar surface area (TPSA) is 61.6 Å². The average molecular weight is 216 g/mol. The van der Waals surface area contributed by atoms with Gasteiger partial charge in [-0.25, -0.2) is 9.97 Å². The third-order valence-corrected chi connectivity index (χ3v) is 2.58. The van der Waals surface area contributed by atoms with Crippen molar-refractivity contribution in [1.82, 2.24) is 9.97 Å². The van der Waals surface area contributed by atoms with Crippen LogP contribution in [0.25, 0.3) is 0 Å². The van der Waals surface area contributed by atoms with Gasteiger partial charge in [-0.2, -0.15) is 5.26 Å². The largest absolute Gasteiger partial charge is 0.316 e. The quantitative estimate of drug-likeness (QED) is 0.837. The zero-order chi connectivity index (χ0) is 10.7. The fourth-order valence-electron chi connectivity index (χ4n) is 1.06. The van der Waals surface area contributed by atoms with E-state index in [1.807, 2.05) is 13.0 Å². The summed E-state index contributed by atoms with van der Waals surface area (Å²) >= 11 is 1.57. The van der Waals surface area contributed by atoms with E-state index in [4.69, 9.17) is 5.26 Å². The Labute approximate surface area is 91.2 Å². The maximum absolute atomic E-state index is 8.60. The third kappa shape index (κ3) is 2.30. The van der Waals surface area contributed by atoms with Crippen LogP contribution >= 0.6 is 11.3 Å². The predicted octanol–water partition coefficient (Wildman–Crippen LogP) is 2.46. The van der Waals surface area contributed by atoms with Crippen molar-refractivity contribution >= 4 is 22.3 Å². The molecule has 15 heavy (non-hydrogen) atoms. The van der Waals surface area contributed by atoms with Gasteiger partial charge >= 0.3 is 0 Å². The van der Waals surface area contributed by atoms with Gasteiger partial charge in [-0.05, 0) is 19.1 Å². The standard InChI is InChI=1S/C10H8N4S/c1-7-5-13-10(15-7)14-9-3-2-8(4-11)6-12-9/h2-3,5-6H,1H3,(H,12,13,14). The SMILES string of the molecule is Cc1cnc(Nc2ccc(C#N)cn2)s1. The Morgan fingerprint density at radius 2 is 2.20 bits per heavy atom. The molecule has 74 valence electrons. The van der Waals surface area contributed by atoms with E-state index in [1.165, 1.54) is 6.20 Å². The number of aromatic nitrogens is 2. The molecule has 5 heteroatoms. The fraction of sp³-hybridized carbons (Fsp3) is 0.100. The van der Waals surface area contributed by atoms with Crippen LogP contribution < -0.4 is 5.32 Å². The molecule has 2 heterocycles. The summed E-state index contributed by atoms with van der Waals surface area (Å²) in [6.07, 6.45) is 3.33. The predicted molar refractivity (Wildman–Crippen MR) is 59.1 cm³/mol. The molecular formula is C10H8N4S. The Kier molecular flexibility index (Phi) is 2.61. The normalized spacial score (nSPS) is 9.60. The Morgan fingerprint density at radius 3 is 2.73 bits per heavy atom. The van der Waals surface area contributed by atoms with Crippen LogP contribution in [-0.4, -0.2) is 9.97 Å². The highest BCUT2D eigenvalue weighted by molar-refractivity contribution is 7.15. The average Bonchev–Trinajstić information content (AvgIpc) is 2.65. The second kappa shape index (κ2) is 4.07. The van der Waals surface area contributed by atoms with Crippen LogP contribution in [0.2, 0.25) is 0 Å². The van der Waals surface area contributed by atoms with Gasteiger partial charge in [0, 0.05) is 17.3 Å². The zero-order valence-electron chi connectivity index (χ0n) is 8.06. The number of thiazole rings is 1. The van der Waals surface area contributed by atoms with Gasteiger partial charge in [0.05, 0.1) is 5.56 Å². The van der Waals surface area contributed by atoms with Gasteiger partial charge < -0.3 is 5.32 Å². The number of aryl methyl sites for hydroxylation is 1. The molecule has 0 unspecified atom stereocenters. The van der Waals surface area contributed by atoms with Gasteiger partial charge in [0.1, 0.15) is 11.9 Å². The molecule has 0 saturated carbocycles. The van der Waals surface area contributed by atoms with Crippen LogP contribution in [0.3, 0.4) is 0 Å². The van der Waals surface area contributed by atoms with Crippen LogP contribution in [0.15, 0.2) is 24.5 Å². The monoisotopic (exact) mass is 216 g/mol. The highest BCUT2D eigenvalue weighted by Gasteiger charge is 1.99. The summed E-state index contributed by atoms with van der Waals surface area (Å²) in [5.41, 5.74) is 0.552. The maximum Gasteiger partial charge on any atom is 0.188 e. The first kappa shape index (κ1) is 9.62. The molecule has 0 saturated heterocycles. The summed E-state index contributed by atoms with van der Waals surface area (Å²) in [6, 6.07) is 5.50. The van der Waals surface area contributed by atoms with E-state index in [0.717, 1.165) is 10.0 Å². The number of anilines is 2. The van der Waals surface area contributed by atoms with Crippen LogP contribution in [0.4, 0.5) is 10.9 Å². The highest BCUT2D eigenvalue weighted by atomic mass is 32.1. The molecular weight excluding hydrogens is 208 g/mol. The fourth-order valence-corrected chi connectivity index (χ4v) is 1.73. The van der Waals surface area contributed by atoms with E-state index < -0.39 is 0 Å². The molecule has 0 amide bonds. The number of nitrogens with zero attached hydrogens (tertiary/aromatic N) is 3. The first-order valence-corrected chi connectivity index (χ1v) is 5.15. The van der Waals surface area contributed by atoms with Crippen molar-refractivity contribution in [3.63, 3.8) is 0 Å². The zero-order valence-corrected chi connectivity index (χ0v) is 8.88. The summed E-state index contributed by atoms with van der Waals surface area (Å²) in [7, 11) is 0. The van der Waals surface area contributed by atoms with E-state index >= 15 is 0 Å². The summed E-state index contributed by atoms with van der Waals surface area (Å²) in [5.74, 6) is 0.698. The number of nitrogens with one attached hydrogen (secondary N) is 1. The van der Waals surface area contributed by atoms with Crippen molar-refractivity contribution in [3.8, 4) is 6.07 Å². The Morgan fingerprint density at radius 1 is 1.33 bits per heavy atom. The molecule has 2 rings (SSSR count). The number of rotatable bonds is 2. The molecule has 2 aromatic rings.